The van der Waals surface area contributed by atoms with Crippen LogP contribution in [0.3, 0.4) is 0 Å². The van der Waals surface area contributed by atoms with Crippen LogP contribution in [0.4, 0.5) is 0 Å². The van der Waals surface area contributed by atoms with Gasteiger partial charge in [-0.3, -0.25) is 14.4 Å². The van der Waals surface area contributed by atoms with Crippen LogP contribution in [0.15, 0.2) is 0 Å². The zero-order chi connectivity index (χ0) is 8.69. The van der Waals surface area contributed by atoms with Crippen molar-refractivity contribution in [3.8, 4) is 0 Å². The smallest absolute Gasteiger partial charge is 0.307 e. The molecule has 0 aliphatic rings. The number of hydrogen-bond donors (Lipinski definition) is 1. The Bertz CT molecular complexity index is 166. The third kappa shape index (κ3) is 5.07. The predicted octanol–water partition coefficient (Wildman–Crippen LogP) is -1.14. The van der Waals surface area contributed by atoms with Crippen LogP contribution in [0.25, 0.3) is 0 Å². The number of nitrogens with one attached hydrogen (secondary N) is 1. The quantitative estimate of drug-likeness (QED) is 0.320. The van der Waals surface area contributed by atoms with Crippen LogP contribution in [0.1, 0.15) is 6.42 Å². The summed E-state index contributed by atoms with van der Waals surface area (Å²) in [7, 11) is 1.25. The maximum absolute atomic E-state index is 10.4. The van der Waals surface area contributed by atoms with Gasteiger partial charge >= 0.3 is 5.97 Å². The lowest BCUT2D eigenvalue weighted by Gasteiger charge is -1.98. The lowest BCUT2D eigenvalue weighted by molar-refractivity contribution is -0.140. The van der Waals surface area contributed by atoms with Gasteiger partial charge in [-0.05, 0) is 0 Å². The predicted molar refractivity (Wildman–Crippen MR) is 35.7 cm³/mol. The minimum Gasteiger partial charge on any atom is -0.469 e. The van der Waals surface area contributed by atoms with Gasteiger partial charge in [0.1, 0.15) is 0 Å². The van der Waals surface area contributed by atoms with Crippen LogP contribution in [0.2, 0.25) is 0 Å². The van der Waals surface area contributed by atoms with Crippen molar-refractivity contribution in [2.75, 3.05) is 13.7 Å². The maximum atomic E-state index is 10.4. The van der Waals surface area contributed by atoms with Gasteiger partial charge in [-0.15, -0.1) is 0 Å². The standard InChI is InChI=1S/C6H9NO4/c1-11-6(10)2-3-7-5(9)4-8/h4H,2-3H2,1H3,(H,7,9). The van der Waals surface area contributed by atoms with Crippen molar-refractivity contribution >= 4 is 18.2 Å². The first-order chi connectivity index (χ1) is 5.20. The van der Waals surface area contributed by atoms with Crippen LogP contribution >= 0.6 is 0 Å². The monoisotopic (exact) mass is 159 g/mol. The molecule has 5 nitrogen and oxygen atoms in total. The molecule has 0 rings (SSSR count). The van der Waals surface area contributed by atoms with E-state index in [1.807, 2.05) is 0 Å². The van der Waals surface area contributed by atoms with Gasteiger partial charge in [0, 0.05) is 6.54 Å². The fourth-order valence-electron chi connectivity index (χ4n) is 0.431. The molecule has 0 aliphatic heterocycles. The molecule has 0 aromatic rings. The highest BCUT2D eigenvalue weighted by Gasteiger charge is 2.00. The number of methoxy groups -OCH3 is 1. The van der Waals surface area contributed by atoms with Gasteiger partial charge in [0.15, 0.2) is 0 Å². The van der Waals surface area contributed by atoms with E-state index >= 15 is 0 Å². The Morgan fingerprint density at radius 2 is 2.18 bits per heavy atom. The van der Waals surface area contributed by atoms with E-state index in [0.717, 1.165) is 0 Å². The fourth-order valence-corrected chi connectivity index (χ4v) is 0.431. The maximum Gasteiger partial charge on any atom is 0.307 e. The van der Waals surface area contributed by atoms with E-state index in [1.165, 1.54) is 7.11 Å². The van der Waals surface area contributed by atoms with Gasteiger partial charge in [-0.2, -0.15) is 0 Å². The average molecular weight is 159 g/mol. The first kappa shape index (κ1) is 9.61. The van der Waals surface area contributed by atoms with Gasteiger partial charge in [-0.1, -0.05) is 0 Å². The van der Waals surface area contributed by atoms with Crippen molar-refractivity contribution in [1.82, 2.24) is 5.32 Å². The van der Waals surface area contributed by atoms with Crippen molar-refractivity contribution < 1.29 is 19.1 Å². The highest BCUT2D eigenvalue weighted by atomic mass is 16.5. The highest BCUT2D eigenvalue weighted by Crippen LogP contribution is 1.79. The van der Waals surface area contributed by atoms with Gasteiger partial charge in [0.25, 0.3) is 5.91 Å². The molecule has 11 heavy (non-hydrogen) atoms. The molecule has 0 aromatic carbocycles. The number of hydrogen-bond acceptors (Lipinski definition) is 4. The van der Waals surface area contributed by atoms with E-state index in [-0.39, 0.29) is 19.3 Å². The summed E-state index contributed by atoms with van der Waals surface area (Å²) in [6.45, 7) is 0.129. The first-order valence-electron chi connectivity index (χ1n) is 3.00. The molecular formula is C6H9NO4. The van der Waals surface area contributed by atoms with E-state index < -0.39 is 11.9 Å². The van der Waals surface area contributed by atoms with Crippen molar-refractivity contribution in [1.29, 1.82) is 0 Å². The summed E-state index contributed by atoms with van der Waals surface area (Å²) in [5, 5.41) is 2.19. The van der Waals surface area contributed by atoms with Crippen molar-refractivity contribution in [3.05, 3.63) is 0 Å². The van der Waals surface area contributed by atoms with E-state index in [9.17, 15) is 14.4 Å². The zero-order valence-corrected chi connectivity index (χ0v) is 6.12. The molecule has 1 amide bonds. The summed E-state index contributed by atoms with van der Waals surface area (Å²) >= 11 is 0. The number of carbonyl (C=O) groups is 3. The second-order valence-corrected chi connectivity index (χ2v) is 1.74. The number of carbonyl (C=O) groups excluding carboxylic acids is 3. The number of esters is 1. The van der Waals surface area contributed by atoms with Gasteiger partial charge in [-0.25, -0.2) is 0 Å². The molecule has 0 atom stereocenters. The molecule has 0 spiro atoms. The molecule has 0 unspecified atom stereocenters. The Hall–Kier alpha value is -1.39. The summed E-state index contributed by atoms with van der Waals surface area (Å²) < 4.78 is 4.29. The topological polar surface area (TPSA) is 72.5 Å². The molecule has 0 aliphatic carbocycles. The lowest BCUT2D eigenvalue weighted by Crippen LogP contribution is -2.26. The van der Waals surface area contributed by atoms with Crippen molar-refractivity contribution in [2.24, 2.45) is 0 Å². The van der Waals surface area contributed by atoms with Gasteiger partial charge in [0.05, 0.1) is 13.5 Å². The van der Waals surface area contributed by atoms with Crippen LogP contribution in [-0.4, -0.2) is 31.8 Å². The molecule has 5 heteroatoms. The Labute approximate surface area is 63.7 Å². The molecule has 0 bridgehead atoms. The number of rotatable bonds is 4. The largest absolute Gasteiger partial charge is 0.469 e. The van der Waals surface area contributed by atoms with E-state index in [2.05, 4.69) is 10.1 Å². The highest BCUT2D eigenvalue weighted by molar-refractivity contribution is 6.23. The summed E-state index contributed by atoms with van der Waals surface area (Å²) in [4.78, 5) is 30.4. The second kappa shape index (κ2) is 5.40. The molecule has 62 valence electrons. The minimum absolute atomic E-state index is 0.0794. The Balaban J connectivity index is 3.34. The molecule has 1 N–H and O–H groups in total. The number of amides is 1. The SMILES string of the molecule is COC(=O)CCNC(=O)C=O. The van der Waals surface area contributed by atoms with Crippen LogP contribution < -0.4 is 5.32 Å². The molecular weight excluding hydrogens is 150 g/mol. The fraction of sp³-hybridized carbons (Fsp3) is 0.500. The van der Waals surface area contributed by atoms with Gasteiger partial charge < -0.3 is 10.1 Å². The molecule has 0 saturated heterocycles. The number of ether oxygens (including phenoxy) is 1. The number of aldehydes is 1. The van der Waals surface area contributed by atoms with Gasteiger partial charge in [0.2, 0.25) is 6.29 Å². The Kier molecular flexibility index (Phi) is 4.72. The van der Waals surface area contributed by atoms with E-state index in [0.29, 0.717) is 0 Å². The summed E-state index contributed by atoms with van der Waals surface area (Å²) in [6, 6.07) is 0. The van der Waals surface area contributed by atoms with Crippen molar-refractivity contribution in [2.45, 2.75) is 6.42 Å². The summed E-state index contributed by atoms with van der Waals surface area (Å²) in [5.74, 6) is -1.15. The van der Waals surface area contributed by atoms with E-state index in [4.69, 9.17) is 0 Å². The molecule has 0 heterocycles. The van der Waals surface area contributed by atoms with Crippen LogP contribution in [-0.2, 0) is 19.1 Å². The Morgan fingerprint density at radius 3 is 2.64 bits per heavy atom. The molecule has 0 fully saturated rings. The Morgan fingerprint density at radius 1 is 1.55 bits per heavy atom. The lowest BCUT2D eigenvalue weighted by atomic mass is 10.4. The average Bonchev–Trinajstić information content (AvgIpc) is 2.04. The first-order valence-corrected chi connectivity index (χ1v) is 3.00. The molecule has 0 aromatic heterocycles. The zero-order valence-electron chi connectivity index (χ0n) is 6.12. The molecule has 0 saturated carbocycles. The second-order valence-electron chi connectivity index (χ2n) is 1.74. The van der Waals surface area contributed by atoms with Crippen molar-refractivity contribution in [3.63, 3.8) is 0 Å². The van der Waals surface area contributed by atoms with Crippen LogP contribution in [0, 0.1) is 0 Å². The summed E-state index contributed by atoms with van der Waals surface area (Å²) in [6.07, 6.45) is 0.230. The summed E-state index contributed by atoms with van der Waals surface area (Å²) in [5.41, 5.74) is 0. The van der Waals surface area contributed by atoms with Crippen LogP contribution in [0.5, 0.6) is 0 Å². The minimum atomic E-state index is -0.728. The molecule has 0 radical (unpaired) electrons. The van der Waals surface area contributed by atoms with E-state index in [1.54, 1.807) is 0 Å². The third-order valence-electron chi connectivity index (χ3n) is 0.963. The third-order valence-corrected chi connectivity index (χ3v) is 0.963. The normalized spacial score (nSPS) is 8.45.